The first-order chi connectivity index (χ1) is 6.18. The van der Waals surface area contributed by atoms with Gasteiger partial charge < -0.3 is 9.67 Å². The molecule has 0 radical (unpaired) electrons. The Labute approximate surface area is 99.5 Å². The van der Waals surface area contributed by atoms with Crippen LogP contribution in [-0.2, 0) is 7.05 Å². The van der Waals surface area contributed by atoms with Gasteiger partial charge in [-0.05, 0) is 24.3 Å². The maximum absolute atomic E-state index is 10.6. The molecule has 0 aliphatic heterocycles. The minimum absolute atomic E-state index is 0. The highest BCUT2D eigenvalue weighted by atomic mass is 35.5. The van der Waals surface area contributed by atoms with E-state index in [1.54, 1.807) is 12.1 Å². The minimum atomic E-state index is -0.884. The van der Waals surface area contributed by atoms with E-state index >= 15 is 0 Å². The molecule has 0 unspecified atom stereocenters. The number of nitrogens with zero attached hydrogens (tertiary/aromatic N) is 1. The van der Waals surface area contributed by atoms with Crippen LogP contribution in [0.2, 0.25) is 0 Å². The number of aryl methyl sites for hydroxylation is 1. The Morgan fingerprint density at radius 3 is 2.53 bits per heavy atom. The summed E-state index contributed by atoms with van der Waals surface area (Å²) in [6, 6.07) is 7.02. The zero-order valence-electron chi connectivity index (χ0n) is 8.01. The molecule has 0 amide bonds. The average Bonchev–Trinajstić information content (AvgIpc) is 2.47. The van der Waals surface area contributed by atoms with Crippen LogP contribution in [-0.4, -0.2) is 15.6 Å². The minimum Gasteiger partial charge on any atom is -0.478 e. The first-order valence-corrected chi connectivity index (χ1v) is 3.97. The number of carboxylic acid groups (broad SMARTS) is 1. The van der Waals surface area contributed by atoms with E-state index in [4.69, 9.17) is 5.11 Å². The lowest BCUT2D eigenvalue weighted by Gasteiger charge is -1.97. The van der Waals surface area contributed by atoms with E-state index < -0.39 is 5.97 Å². The van der Waals surface area contributed by atoms with Gasteiger partial charge in [-0.25, -0.2) is 4.79 Å². The van der Waals surface area contributed by atoms with Gasteiger partial charge in [0, 0.05) is 24.1 Å². The smallest absolute Gasteiger partial charge is 0.335 e. The summed E-state index contributed by atoms with van der Waals surface area (Å²) in [7, 11) is 1.93. The summed E-state index contributed by atoms with van der Waals surface area (Å²) in [6.45, 7) is 0. The monoisotopic (exact) mass is 247 g/mol. The summed E-state index contributed by atoms with van der Waals surface area (Å²) in [5.74, 6) is -0.884. The average molecular weight is 248 g/mol. The predicted molar refractivity (Wildman–Crippen MR) is 64.4 cm³/mol. The number of aromatic carboxylic acids is 1. The molecular formula is C10H11Cl2NO2. The summed E-state index contributed by atoms with van der Waals surface area (Å²) in [5.41, 5.74) is 1.38. The quantitative estimate of drug-likeness (QED) is 0.843. The highest BCUT2D eigenvalue weighted by Crippen LogP contribution is 2.16. The number of rotatable bonds is 1. The number of hydrogen-bond acceptors (Lipinski definition) is 1. The van der Waals surface area contributed by atoms with Gasteiger partial charge in [-0.2, -0.15) is 0 Å². The Morgan fingerprint density at radius 2 is 1.93 bits per heavy atom. The molecule has 0 fully saturated rings. The Bertz CT molecular complexity index is 479. The highest BCUT2D eigenvalue weighted by molar-refractivity contribution is 5.93. The first kappa shape index (κ1) is 13.8. The van der Waals surface area contributed by atoms with E-state index in [9.17, 15) is 4.79 Å². The molecule has 0 saturated heterocycles. The van der Waals surface area contributed by atoms with Gasteiger partial charge in [-0.1, -0.05) is 0 Å². The van der Waals surface area contributed by atoms with E-state index in [0.717, 1.165) is 10.9 Å². The maximum Gasteiger partial charge on any atom is 0.335 e. The number of benzene rings is 1. The third-order valence-electron chi connectivity index (χ3n) is 2.13. The third-order valence-corrected chi connectivity index (χ3v) is 2.13. The molecule has 3 nitrogen and oxygen atoms in total. The molecule has 2 aromatic rings. The molecule has 82 valence electrons. The van der Waals surface area contributed by atoms with Crippen LogP contribution < -0.4 is 0 Å². The summed E-state index contributed by atoms with van der Waals surface area (Å²) < 4.78 is 1.96. The van der Waals surface area contributed by atoms with E-state index in [0.29, 0.717) is 5.56 Å². The van der Waals surface area contributed by atoms with Crippen molar-refractivity contribution in [3.8, 4) is 0 Å². The number of carbonyl (C=O) groups is 1. The lowest BCUT2D eigenvalue weighted by molar-refractivity contribution is 0.0697. The van der Waals surface area contributed by atoms with Gasteiger partial charge >= 0.3 is 5.97 Å². The molecular weight excluding hydrogens is 237 g/mol. The number of aromatic nitrogens is 1. The van der Waals surface area contributed by atoms with Crippen LogP contribution in [0.1, 0.15) is 10.4 Å². The van der Waals surface area contributed by atoms with Crippen molar-refractivity contribution < 1.29 is 9.90 Å². The molecule has 1 aromatic carbocycles. The van der Waals surface area contributed by atoms with Crippen molar-refractivity contribution in [3.05, 3.63) is 36.0 Å². The molecule has 1 N–H and O–H groups in total. The number of hydrogen-bond donors (Lipinski definition) is 1. The van der Waals surface area contributed by atoms with Gasteiger partial charge in [0.1, 0.15) is 0 Å². The van der Waals surface area contributed by atoms with Crippen LogP contribution in [0.5, 0.6) is 0 Å². The summed E-state index contributed by atoms with van der Waals surface area (Å²) in [4.78, 5) is 10.6. The Balaban J connectivity index is 0.000000980. The second-order valence-corrected chi connectivity index (χ2v) is 3.01. The molecule has 0 atom stereocenters. The highest BCUT2D eigenvalue weighted by Gasteiger charge is 2.04. The van der Waals surface area contributed by atoms with Gasteiger partial charge in [-0.15, -0.1) is 24.8 Å². The second kappa shape index (κ2) is 5.05. The van der Waals surface area contributed by atoms with Crippen LogP contribution in [0, 0.1) is 0 Å². The molecule has 0 aliphatic rings. The molecule has 0 aliphatic carbocycles. The largest absolute Gasteiger partial charge is 0.478 e. The van der Waals surface area contributed by atoms with Crippen LogP contribution in [0.25, 0.3) is 10.9 Å². The number of fused-ring (bicyclic) bond motifs is 1. The Morgan fingerprint density at radius 1 is 1.27 bits per heavy atom. The Hall–Kier alpha value is -1.19. The van der Waals surface area contributed by atoms with Gasteiger partial charge in [0.05, 0.1) is 5.56 Å². The normalized spacial score (nSPS) is 9.13. The summed E-state index contributed by atoms with van der Waals surface area (Å²) in [6.07, 6.45) is 1.91. The molecule has 0 bridgehead atoms. The topological polar surface area (TPSA) is 42.2 Å². The maximum atomic E-state index is 10.6. The lowest BCUT2D eigenvalue weighted by Crippen LogP contribution is -1.95. The van der Waals surface area contributed by atoms with Crippen molar-refractivity contribution in [2.75, 3.05) is 0 Å². The van der Waals surface area contributed by atoms with Crippen molar-refractivity contribution in [1.29, 1.82) is 0 Å². The van der Waals surface area contributed by atoms with Gasteiger partial charge in [-0.3, -0.25) is 0 Å². The fraction of sp³-hybridized carbons (Fsp3) is 0.100. The molecule has 1 heterocycles. The summed E-state index contributed by atoms with van der Waals surface area (Å²) >= 11 is 0. The number of halogens is 2. The van der Waals surface area contributed by atoms with Crippen molar-refractivity contribution >= 4 is 41.7 Å². The third kappa shape index (κ3) is 2.43. The van der Waals surface area contributed by atoms with E-state index in [2.05, 4.69) is 0 Å². The fourth-order valence-electron chi connectivity index (χ4n) is 1.41. The molecule has 15 heavy (non-hydrogen) atoms. The van der Waals surface area contributed by atoms with Crippen molar-refractivity contribution in [2.45, 2.75) is 0 Å². The van der Waals surface area contributed by atoms with Crippen molar-refractivity contribution in [2.24, 2.45) is 7.05 Å². The molecule has 1 aromatic heterocycles. The van der Waals surface area contributed by atoms with Gasteiger partial charge in [0.15, 0.2) is 0 Å². The standard InChI is InChI=1S/C10H9NO2.2ClH/c1-11-5-4-7-6-8(10(12)13)2-3-9(7)11;;/h2-6H,1H3,(H,12,13);2*1H. The zero-order chi connectivity index (χ0) is 9.42. The molecule has 2 rings (SSSR count). The van der Waals surface area contributed by atoms with Crippen LogP contribution in [0.15, 0.2) is 30.5 Å². The first-order valence-electron chi connectivity index (χ1n) is 3.97. The van der Waals surface area contributed by atoms with Crippen molar-refractivity contribution in [1.82, 2.24) is 4.57 Å². The van der Waals surface area contributed by atoms with E-state index in [-0.39, 0.29) is 24.8 Å². The predicted octanol–water partition coefficient (Wildman–Crippen LogP) is 2.72. The lowest BCUT2D eigenvalue weighted by atomic mass is 10.1. The van der Waals surface area contributed by atoms with E-state index in [1.165, 1.54) is 0 Å². The van der Waals surface area contributed by atoms with Crippen molar-refractivity contribution in [3.63, 3.8) is 0 Å². The second-order valence-electron chi connectivity index (χ2n) is 3.01. The van der Waals surface area contributed by atoms with Crippen LogP contribution in [0.3, 0.4) is 0 Å². The fourth-order valence-corrected chi connectivity index (χ4v) is 1.41. The number of carboxylic acids is 1. The van der Waals surface area contributed by atoms with Crippen LogP contribution in [0.4, 0.5) is 0 Å². The van der Waals surface area contributed by atoms with Gasteiger partial charge in [0.2, 0.25) is 0 Å². The molecule has 5 heteroatoms. The Kier molecular flexibility index (Phi) is 4.65. The van der Waals surface area contributed by atoms with Crippen LogP contribution >= 0.6 is 24.8 Å². The summed E-state index contributed by atoms with van der Waals surface area (Å²) in [5, 5.41) is 9.70. The molecule has 0 spiro atoms. The SMILES string of the molecule is Cl.Cl.Cn1ccc2cc(C(=O)O)ccc21. The van der Waals surface area contributed by atoms with Gasteiger partial charge in [0.25, 0.3) is 0 Å². The van der Waals surface area contributed by atoms with E-state index in [1.807, 2.05) is 29.9 Å². The zero-order valence-corrected chi connectivity index (χ0v) is 9.64. The molecule has 0 saturated carbocycles.